The lowest BCUT2D eigenvalue weighted by molar-refractivity contribution is -0.123. The van der Waals surface area contributed by atoms with Crippen molar-refractivity contribution in [2.24, 2.45) is 0 Å². The number of aliphatic hydroxyl groups is 1. The van der Waals surface area contributed by atoms with E-state index in [0.29, 0.717) is 21.8 Å². The maximum atomic E-state index is 12.0. The monoisotopic (exact) mass is 333 g/mol. The van der Waals surface area contributed by atoms with Gasteiger partial charge in [0.1, 0.15) is 0 Å². The Balaban J connectivity index is 1.94. The van der Waals surface area contributed by atoms with Crippen LogP contribution in [0.5, 0.6) is 0 Å². The van der Waals surface area contributed by atoms with Crippen LogP contribution in [0.15, 0.2) is 48.5 Å². The molecule has 2 N–H and O–H groups in total. The summed E-state index contributed by atoms with van der Waals surface area (Å²) in [6, 6.07) is 12.9. The highest BCUT2D eigenvalue weighted by atomic mass is 35.5. The Morgan fingerprint density at radius 2 is 1.74 bits per heavy atom. The molecule has 0 aliphatic rings. The number of hydrogen-bond donors (Lipinski definition) is 2. The third kappa shape index (κ3) is 4.81. The number of benzene rings is 2. The number of anilines is 1. The molecule has 6 heteroatoms. The van der Waals surface area contributed by atoms with Crippen LogP contribution in [0, 0.1) is 0 Å². The fourth-order valence-corrected chi connectivity index (χ4v) is 1.93. The summed E-state index contributed by atoms with van der Waals surface area (Å²) in [5.74, 6) is -1.04. The maximum absolute atomic E-state index is 12.0. The predicted molar refractivity (Wildman–Crippen MR) is 87.3 cm³/mol. The SMILES string of the molecule is CC(OC(=O)c1ccc(CO)cc1)C(=O)Nc1ccc(Cl)cc1. The van der Waals surface area contributed by atoms with E-state index in [0.717, 1.165) is 0 Å². The number of ether oxygens (including phenoxy) is 1. The van der Waals surface area contributed by atoms with Crippen LogP contribution in [0.3, 0.4) is 0 Å². The topological polar surface area (TPSA) is 75.6 Å². The molecule has 0 aliphatic carbocycles. The first kappa shape index (κ1) is 17.0. The van der Waals surface area contributed by atoms with E-state index in [1.54, 1.807) is 36.4 Å². The second-order valence-electron chi connectivity index (χ2n) is 4.90. The van der Waals surface area contributed by atoms with E-state index < -0.39 is 18.0 Å². The number of aliphatic hydroxyl groups excluding tert-OH is 1. The maximum Gasteiger partial charge on any atom is 0.338 e. The normalized spacial score (nSPS) is 11.6. The molecular formula is C17H16ClNO4. The van der Waals surface area contributed by atoms with Gasteiger partial charge >= 0.3 is 5.97 Å². The second kappa shape index (κ2) is 7.76. The average Bonchev–Trinajstić information content (AvgIpc) is 2.56. The smallest absolute Gasteiger partial charge is 0.338 e. The van der Waals surface area contributed by atoms with Gasteiger partial charge < -0.3 is 15.2 Å². The van der Waals surface area contributed by atoms with Crippen LogP contribution in [-0.2, 0) is 16.1 Å². The average molecular weight is 334 g/mol. The Bertz CT molecular complexity index is 683. The van der Waals surface area contributed by atoms with Crippen LogP contribution in [-0.4, -0.2) is 23.1 Å². The molecule has 2 aromatic rings. The van der Waals surface area contributed by atoms with Gasteiger partial charge in [0.05, 0.1) is 12.2 Å². The summed E-state index contributed by atoms with van der Waals surface area (Å²) in [6.07, 6.45) is -0.948. The van der Waals surface area contributed by atoms with E-state index in [1.165, 1.54) is 19.1 Å². The molecule has 120 valence electrons. The Hall–Kier alpha value is -2.37. The van der Waals surface area contributed by atoms with Crippen molar-refractivity contribution in [1.29, 1.82) is 0 Å². The van der Waals surface area contributed by atoms with E-state index in [9.17, 15) is 9.59 Å². The minimum absolute atomic E-state index is 0.102. The fourth-order valence-electron chi connectivity index (χ4n) is 1.81. The van der Waals surface area contributed by atoms with Crippen molar-refractivity contribution in [1.82, 2.24) is 0 Å². The summed E-state index contributed by atoms with van der Waals surface area (Å²) >= 11 is 5.77. The molecule has 0 radical (unpaired) electrons. The standard InChI is InChI=1S/C17H16ClNO4/c1-11(16(21)19-15-8-6-14(18)7-9-15)23-17(22)13-4-2-12(10-20)3-5-13/h2-9,11,20H,10H2,1H3,(H,19,21). The van der Waals surface area contributed by atoms with Gasteiger partial charge in [-0.3, -0.25) is 4.79 Å². The number of nitrogens with one attached hydrogen (secondary N) is 1. The van der Waals surface area contributed by atoms with Gasteiger partial charge in [-0.05, 0) is 48.9 Å². The molecule has 1 unspecified atom stereocenters. The van der Waals surface area contributed by atoms with E-state index in [1.807, 2.05) is 0 Å². The largest absolute Gasteiger partial charge is 0.449 e. The lowest BCUT2D eigenvalue weighted by Gasteiger charge is -2.13. The Kier molecular flexibility index (Phi) is 5.73. The zero-order valence-electron chi connectivity index (χ0n) is 12.5. The third-order valence-corrected chi connectivity index (χ3v) is 3.39. The van der Waals surface area contributed by atoms with Gasteiger partial charge in [-0.1, -0.05) is 23.7 Å². The highest BCUT2D eigenvalue weighted by molar-refractivity contribution is 6.30. The van der Waals surface area contributed by atoms with Crippen molar-refractivity contribution in [2.45, 2.75) is 19.6 Å². The minimum atomic E-state index is -0.948. The van der Waals surface area contributed by atoms with Crippen molar-refractivity contribution in [3.63, 3.8) is 0 Å². The molecule has 2 aromatic carbocycles. The molecule has 5 nitrogen and oxygen atoms in total. The van der Waals surface area contributed by atoms with Crippen LogP contribution in [0.25, 0.3) is 0 Å². The highest BCUT2D eigenvalue weighted by Crippen LogP contribution is 2.14. The molecule has 0 saturated carbocycles. The van der Waals surface area contributed by atoms with Crippen molar-refractivity contribution in [3.8, 4) is 0 Å². The first-order valence-corrected chi connectivity index (χ1v) is 7.34. The molecule has 0 aromatic heterocycles. The number of amides is 1. The van der Waals surface area contributed by atoms with Gasteiger partial charge in [0.15, 0.2) is 6.10 Å². The van der Waals surface area contributed by atoms with Gasteiger partial charge in [-0.25, -0.2) is 4.79 Å². The zero-order chi connectivity index (χ0) is 16.8. The van der Waals surface area contributed by atoms with Crippen molar-refractivity contribution in [3.05, 3.63) is 64.7 Å². The van der Waals surface area contributed by atoms with E-state index in [-0.39, 0.29) is 6.61 Å². The molecule has 1 amide bonds. The van der Waals surface area contributed by atoms with E-state index in [2.05, 4.69) is 5.32 Å². The summed E-state index contributed by atoms with van der Waals surface area (Å²) in [7, 11) is 0. The number of halogens is 1. The summed E-state index contributed by atoms with van der Waals surface area (Å²) in [6.45, 7) is 1.39. The highest BCUT2D eigenvalue weighted by Gasteiger charge is 2.19. The van der Waals surface area contributed by atoms with Crippen molar-refractivity contribution in [2.75, 3.05) is 5.32 Å². The quantitative estimate of drug-likeness (QED) is 0.825. The zero-order valence-corrected chi connectivity index (χ0v) is 13.2. The number of esters is 1. The molecule has 0 spiro atoms. The van der Waals surface area contributed by atoms with Crippen LogP contribution in [0.2, 0.25) is 5.02 Å². The molecule has 0 aliphatic heterocycles. The lowest BCUT2D eigenvalue weighted by atomic mass is 10.1. The van der Waals surface area contributed by atoms with E-state index in [4.69, 9.17) is 21.4 Å². The van der Waals surface area contributed by atoms with Crippen molar-refractivity contribution >= 4 is 29.2 Å². The summed E-state index contributed by atoms with van der Waals surface area (Å²) < 4.78 is 5.13. The molecular weight excluding hydrogens is 318 g/mol. The summed E-state index contributed by atoms with van der Waals surface area (Å²) in [5.41, 5.74) is 1.57. The summed E-state index contributed by atoms with van der Waals surface area (Å²) in [5, 5.41) is 12.2. The van der Waals surface area contributed by atoms with Gasteiger partial charge in [0, 0.05) is 10.7 Å². The fraction of sp³-hybridized carbons (Fsp3) is 0.176. The number of carbonyl (C=O) groups excluding carboxylic acids is 2. The van der Waals surface area contributed by atoms with Gasteiger partial charge in [0.25, 0.3) is 5.91 Å². The molecule has 0 heterocycles. The van der Waals surface area contributed by atoms with Crippen LogP contribution >= 0.6 is 11.6 Å². The molecule has 0 fully saturated rings. The Morgan fingerprint density at radius 1 is 1.13 bits per heavy atom. The van der Waals surface area contributed by atoms with Gasteiger partial charge in [-0.15, -0.1) is 0 Å². The molecule has 0 bridgehead atoms. The first-order valence-electron chi connectivity index (χ1n) is 6.97. The number of rotatable bonds is 5. The van der Waals surface area contributed by atoms with Crippen LogP contribution in [0.1, 0.15) is 22.8 Å². The first-order chi connectivity index (χ1) is 11.0. The Labute approximate surface area is 138 Å². The van der Waals surface area contributed by atoms with E-state index >= 15 is 0 Å². The Morgan fingerprint density at radius 3 is 2.30 bits per heavy atom. The second-order valence-corrected chi connectivity index (χ2v) is 5.34. The third-order valence-electron chi connectivity index (χ3n) is 3.14. The molecule has 0 saturated heterocycles. The molecule has 23 heavy (non-hydrogen) atoms. The van der Waals surface area contributed by atoms with Crippen LogP contribution < -0.4 is 5.32 Å². The molecule has 2 rings (SSSR count). The lowest BCUT2D eigenvalue weighted by Crippen LogP contribution is -2.30. The van der Waals surface area contributed by atoms with Gasteiger partial charge in [-0.2, -0.15) is 0 Å². The van der Waals surface area contributed by atoms with Gasteiger partial charge in [0.2, 0.25) is 0 Å². The molecule has 1 atom stereocenters. The number of hydrogen-bond acceptors (Lipinski definition) is 4. The number of carbonyl (C=O) groups is 2. The summed E-state index contributed by atoms with van der Waals surface area (Å²) in [4.78, 5) is 24.0. The predicted octanol–water partition coefficient (Wildman–Crippen LogP) is 3.02. The van der Waals surface area contributed by atoms with Crippen LogP contribution in [0.4, 0.5) is 5.69 Å². The minimum Gasteiger partial charge on any atom is -0.449 e. The van der Waals surface area contributed by atoms with Crippen molar-refractivity contribution < 1.29 is 19.4 Å².